The molecule has 0 bridgehead atoms. The van der Waals surface area contributed by atoms with Crippen molar-refractivity contribution in [1.82, 2.24) is 19.5 Å². The summed E-state index contributed by atoms with van der Waals surface area (Å²) >= 11 is 3.44. The lowest BCUT2D eigenvalue weighted by Gasteiger charge is -2.08. The summed E-state index contributed by atoms with van der Waals surface area (Å²) < 4.78 is 2.69. The highest BCUT2D eigenvalue weighted by molar-refractivity contribution is 9.10. The van der Waals surface area contributed by atoms with Gasteiger partial charge in [-0.1, -0.05) is 12.1 Å². The zero-order valence-corrected chi connectivity index (χ0v) is 11.4. The van der Waals surface area contributed by atoms with Gasteiger partial charge < -0.3 is 5.73 Å². The quantitative estimate of drug-likeness (QED) is 0.738. The van der Waals surface area contributed by atoms with Crippen LogP contribution < -0.4 is 5.73 Å². The van der Waals surface area contributed by atoms with E-state index in [9.17, 15) is 0 Å². The first kappa shape index (κ1) is 11.9. The molecule has 0 saturated carbocycles. The maximum absolute atomic E-state index is 5.81. The Morgan fingerprint density at radius 2 is 2.11 bits per heavy atom. The van der Waals surface area contributed by atoms with Crippen LogP contribution in [0.5, 0.6) is 0 Å². The van der Waals surface area contributed by atoms with Crippen molar-refractivity contribution in [3.8, 4) is 17.2 Å². The average molecular weight is 316 g/mol. The number of hydrogen-bond acceptors (Lipinski definition) is 4. The van der Waals surface area contributed by atoms with Gasteiger partial charge >= 0.3 is 0 Å². The maximum atomic E-state index is 5.81. The van der Waals surface area contributed by atoms with Crippen molar-refractivity contribution in [1.29, 1.82) is 0 Å². The molecule has 0 aliphatic rings. The highest BCUT2D eigenvalue weighted by Gasteiger charge is 2.11. The molecule has 0 amide bonds. The second-order valence-electron chi connectivity index (χ2n) is 3.94. The molecule has 0 spiro atoms. The summed E-state index contributed by atoms with van der Waals surface area (Å²) in [6.07, 6.45) is 6.79. The van der Waals surface area contributed by atoms with Crippen LogP contribution in [0.2, 0.25) is 0 Å². The molecule has 2 heterocycles. The predicted octanol–water partition coefficient (Wildman–Crippen LogP) is 2.67. The van der Waals surface area contributed by atoms with Crippen LogP contribution in [-0.2, 0) is 0 Å². The average Bonchev–Trinajstić information content (AvgIpc) is 2.88. The van der Waals surface area contributed by atoms with E-state index in [1.165, 1.54) is 6.33 Å². The van der Waals surface area contributed by atoms with Gasteiger partial charge in [-0.05, 0) is 28.1 Å². The van der Waals surface area contributed by atoms with Gasteiger partial charge in [0.2, 0.25) is 0 Å². The molecule has 0 fully saturated rings. The Hall–Kier alpha value is -2.21. The van der Waals surface area contributed by atoms with Gasteiger partial charge in [-0.15, -0.1) is 0 Å². The minimum Gasteiger partial charge on any atom is -0.399 e. The minimum absolute atomic E-state index is 0.703. The van der Waals surface area contributed by atoms with Gasteiger partial charge in [0, 0.05) is 29.8 Å². The lowest BCUT2D eigenvalue weighted by atomic mass is 10.2. The molecular weight excluding hydrogens is 306 g/mol. The summed E-state index contributed by atoms with van der Waals surface area (Å²) in [4.78, 5) is 12.6. The Labute approximate surface area is 118 Å². The third-order valence-electron chi connectivity index (χ3n) is 2.66. The maximum Gasteiger partial charge on any atom is 0.156 e. The monoisotopic (exact) mass is 315 g/mol. The third-order valence-corrected chi connectivity index (χ3v) is 3.22. The van der Waals surface area contributed by atoms with Gasteiger partial charge in [0.15, 0.2) is 5.82 Å². The van der Waals surface area contributed by atoms with E-state index in [4.69, 9.17) is 5.73 Å². The standard InChI is InChI=1S/C13H10BrN5/c14-11-7-16-8-18-13(11)19-5-4-17-12(19)9-2-1-3-10(15)6-9/h1-8H,15H2. The first-order valence-electron chi connectivity index (χ1n) is 5.61. The van der Waals surface area contributed by atoms with Crippen LogP contribution in [0, 0.1) is 0 Å². The molecule has 2 aromatic heterocycles. The minimum atomic E-state index is 0.703. The number of nitrogen functional groups attached to an aromatic ring is 1. The van der Waals surface area contributed by atoms with Gasteiger partial charge in [0.1, 0.15) is 12.2 Å². The van der Waals surface area contributed by atoms with Gasteiger partial charge in [0.25, 0.3) is 0 Å². The largest absolute Gasteiger partial charge is 0.399 e. The molecule has 0 unspecified atom stereocenters. The highest BCUT2D eigenvalue weighted by atomic mass is 79.9. The molecule has 0 saturated heterocycles. The molecule has 6 heteroatoms. The fourth-order valence-electron chi connectivity index (χ4n) is 1.85. The Morgan fingerprint density at radius 1 is 1.21 bits per heavy atom. The molecule has 1 aromatic carbocycles. The summed E-state index contributed by atoms with van der Waals surface area (Å²) in [5.74, 6) is 1.52. The topological polar surface area (TPSA) is 69.6 Å². The lowest BCUT2D eigenvalue weighted by Crippen LogP contribution is -2.01. The van der Waals surface area contributed by atoms with Crippen molar-refractivity contribution in [2.45, 2.75) is 0 Å². The molecule has 94 valence electrons. The van der Waals surface area contributed by atoms with Crippen LogP contribution in [0.1, 0.15) is 0 Å². The molecule has 0 atom stereocenters. The van der Waals surface area contributed by atoms with Crippen LogP contribution in [0.3, 0.4) is 0 Å². The van der Waals surface area contributed by atoms with Crippen molar-refractivity contribution < 1.29 is 0 Å². The first-order valence-corrected chi connectivity index (χ1v) is 6.40. The van der Waals surface area contributed by atoms with Crippen LogP contribution in [0.4, 0.5) is 5.69 Å². The Morgan fingerprint density at radius 3 is 2.89 bits per heavy atom. The van der Waals surface area contributed by atoms with Crippen LogP contribution in [0.15, 0.2) is 53.7 Å². The zero-order chi connectivity index (χ0) is 13.2. The summed E-state index contributed by atoms with van der Waals surface area (Å²) in [7, 11) is 0. The second kappa shape index (κ2) is 4.81. The van der Waals surface area contributed by atoms with Crippen molar-refractivity contribution in [2.24, 2.45) is 0 Å². The van der Waals surface area contributed by atoms with Crippen molar-refractivity contribution in [3.05, 3.63) is 53.7 Å². The van der Waals surface area contributed by atoms with Gasteiger partial charge in [-0.3, -0.25) is 4.57 Å². The first-order chi connectivity index (χ1) is 9.25. The molecular formula is C13H10BrN5. The lowest BCUT2D eigenvalue weighted by molar-refractivity contribution is 0.968. The molecule has 5 nitrogen and oxygen atoms in total. The Bertz CT molecular complexity index is 722. The van der Waals surface area contributed by atoms with E-state index in [-0.39, 0.29) is 0 Å². The number of benzene rings is 1. The smallest absolute Gasteiger partial charge is 0.156 e. The molecule has 0 aliphatic carbocycles. The Balaban J connectivity index is 2.16. The van der Waals surface area contributed by atoms with E-state index >= 15 is 0 Å². The fraction of sp³-hybridized carbons (Fsp3) is 0. The summed E-state index contributed by atoms with van der Waals surface area (Å²) in [6, 6.07) is 7.59. The summed E-state index contributed by atoms with van der Waals surface area (Å²) in [5.41, 5.74) is 7.45. The number of anilines is 1. The normalized spacial score (nSPS) is 10.6. The third kappa shape index (κ3) is 2.22. The molecule has 3 rings (SSSR count). The highest BCUT2D eigenvalue weighted by Crippen LogP contribution is 2.25. The number of rotatable bonds is 2. The second-order valence-corrected chi connectivity index (χ2v) is 4.79. The number of nitrogens with two attached hydrogens (primary N) is 1. The Kier molecular flexibility index (Phi) is 3.00. The van der Waals surface area contributed by atoms with E-state index in [1.54, 1.807) is 12.4 Å². The van der Waals surface area contributed by atoms with E-state index in [1.807, 2.05) is 35.0 Å². The number of halogens is 1. The number of nitrogens with zero attached hydrogens (tertiary/aromatic N) is 4. The van der Waals surface area contributed by atoms with Crippen LogP contribution >= 0.6 is 15.9 Å². The number of hydrogen-bond donors (Lipinski definition) is 1. The van der Waals surface area contributed by atoms with Crippen molar-refractivity contribution in [2.75, 3.05) is 5.73 Å². The summed E-state index contributed by atoms with van der Waals surface area (Å²) in [6.45, 7) is 0. The molecule has 3 aromatic rings. The summed E-state index contributed by atoms with van der Waals surface area (Å²) in [5, 5.41) is 0. The van der Waals surface area contributed by atoms with Crippen molar-refractivity contribution >= 4 is 21.6 Å². The number of aromatic nitrogens is 4. The van der Waals surface area contributed by atoms with Gasteiger partial charge in [-0.25, -0.2) is 15.0 Å². The van der Waals surface area contributed by atoms with Gasteiger partial charge in [-0.2, -0.15) is 0 Å². The van der Waals surface area contributed by atoms with Crippen LogP contribution in [-0.4, -0.2) is 19.5 Å². The zero-order valence-electron chi connectivity index (χ0n) is 9.86. The fourth-order valence-corrected chi connectivity index (χ4v) is 2.26. The van der Waals surface area contributed by atoms with Gasteiger partial charge in [0.05, 0.1) is 4.47 Å². The molecule has 0 aliphatic heterocycles. The predicted molar refractivity (Wildman–Crippen MR) is 76.7 cm³/mol. The van der Waals surface area contributed by atoms with Crippen LogP contribution in [0.25, 0.3) is 17.2 Å². The van der Waals surface area contributed by atoms with E-state index in [0.717, 1.165) is 21.7 Å². The van der Waals surface area contributed by atoms with E-state index in [0.29, 0.717) is 5.69 Å². The number of imidazole rings is 1. The molecule has 2 N–H and O–H groups in total. The van der Waals surface area contributed by atoms with E-state index < -0.39 is 0 Å². The van der Waals surface area contributed by atoms with Crippen molar-refractivity contribution in [3.63, 3.8) is 0 Å². The molecule has 19 heavy (non-hydrogen) atoms. The SMILES string of the molecule is Nc1cccc(-c2nccn2-c2ncncc2Br)c1. The molecule has 0 radical (unpaired) electrons. The van der Waals surface area contributed by atoms with E-state index in [2.05, 4.69) is 30.9 Å².